The summed E-state index contributed by atoms with van der Waals surface area (Å²) in [5.74, 6) is 0.276. The molecule has 7 nitrogen and oxygen atoms in total. The van der Waals surface area contributed by atoms with Crippen molar-refractivity contribution in [2.45, 2.75) is 24.9 Å². The first-order valence-electron chi connectivity index (χ1n) is 9.12. The van der Waals surface area contributed by atoms with Gasteiger partial charge in [0, 0.05) is 39.5 Å². The van der Waals surface area contributed by atoms with Gasteiger partial charge in [0.25, 0.3) is 10.0 Å². The third kappa shape index (κ3) is 2.96. The molecule has 0 radical (unpaired) electrons. The molecule has 2 saturated heterocycles. The van der Waals surface area contributed by atoms with Crippen molar-refractivity contribution in [1.82, 2.24) is 19.0 Å². The van der Waals surface area contributed by atoms with Crippen molar-refractivity contribution in [3.05, 3.63) is 47.7 Å². The molecular weight excluding hydrogens is 364 g/mol. The highest BCUT2D eigenvalue weighted by Crippen LogP contribution is 2.46. The number of likely N-dealkylation sites (tertiary alicyclic amines) is 1. The van der Waals surface area contributed by atoms with Gasteiger partial charge in [-0.3, -0.25) is 9.48 Å². The Morgan fingerprint density at radius 2 is 1.85 bits per heavy atom. The van der Waals surface area contributed by atoms with E-state index in [1.165, 1.54) is 4.68 Å². The molecule has 0 aliphatic carbocycles. The number of sulfonamides is 1. The standard InChI is InChI=1S/C19H24N4O3S/c1-13-9-18(21(3)20-13)27(25,26)22-10-16-11-23(14(2)24)19(17(16)12-22)15-7-5-4-6-8-15/h4-9,16-17,19H,10-12H2,1-3H3/t16-,17-,19+/m1/s1. The van der Waals surface area contributed by atoms with E-state index in [1.54, 1.807) is 31.3 Å². The van der Waals surface area contributed by atoms with Crippen molar-refractivity contribution in [3.63, 3.8) is 0 Å². The minimum absolute atomic E-state index is 0.0370. The van der Waals surface area contributed by atoms with Crippen molar-refractivity contribution in [1.29, 1.82) is 0 Å². The van der Waals surface area contributed by atoms with E-state index in [-0.39, 0.29) is 28.8 Å². The number of nitrogens with zero attached hydrogens (tertiary/aromatic N) is 4. The first-order chi connectivity index (χ1) is 12.8. The van der Waals surface area contributed by atoms with E-state index in [2.05, 4.69) is 5.10 Å². The number of carbonyl (C=O) groups is 1. The van der Waals surface area contributed by atoms with Crippen molar-refractivity contribution in [2.75, 3.05) is 19.6 Å². The Labute approximate surface area is 159 Å². The van der Waals surface area contributed by atoms with Crippen LogP contribution in [0, 0.1) is 18.8 Å². The molecule has 0 N–H and O–H groups in total. The van der Waals surface area contributed by atoms with E-state index in [9.17, 15) is 13.2 Å². The van der Waals surface area contributed by atoms with Crippen molar-refractivity contribution >= 4 is 15.9 Å². The molecule has 0 unspecified atom stereocenters. The molecule has 8 heteroatoms. The molecule has 0 saturated carbocycles. The lowest BCUT2D eigenvalue weighted by atomic mass is 9.89. The van der Waals surface area contributed by atoms with E-state index in [0.717, 1.165) is 5.56 Å². The summed E-state index contributed by atoms with van der Waals surface area (Å²) in [6.07, 6.45) is 0. The SMILES string of the molecule is CC(=O)N1C[C@H]2CN(S(=O)(=O)c3cc(C)nn3C)C[C@H]2[C@@H]1c1ccccc1. The molecule has 2 fully saturated rings. The number of aromatic nitrogens is 2. The fourth-order valence-corrected chi connectivity index (χ4v) is 6.28. The second-order valence-electron chi connectivity index (χ2n) is 7.52. The highest BCUT2D eigenvalue weighted by atomic mass is 32.2. The number of hydrogen-bond acceptors (Lipinski definition) is 4. The van der Waals surface area contributed by atoms with E-state index in [1.807, 2.05) is 35.2 Å². The summed E-state index contributed by atoms with van der Waals surface area (Å²) in [5.41, 5.74) is 1.75. The van der Waals surface area contributed by atoms with Crippen LogP contribution in [0.2, 0.25) is 0 Å². The molecule has 3 heterocycles. The van der Waals surface area contributed by atoms with Gasteiger partial charge in [-0.2, -0.15) is 9.40 Å². The maximum Gasteiger partial charge on any atom is 0.260 e. The number of fused-ring (bicyclic) bond motifs is 1. The van der Waals surface area contributed by atoms with Gasteiger partial charge in [0.15, 0.2) is 5.03 Å². The largest absolute Gasteiger partial charge is 0.335 e. The average Bonchev–Trinajstić information content (AvgIpc) is 3.27. The fourth-order valence-electron chi connectivity index (χ4n) is 4.56. The van der Waals surface area contributed by atoms with Crippen LogP contribution < -0.4 is 0 Å². The van der Waals surface area contributed by atoms with Crippen molar-refractivity contribution in [3.8, 4) is 0 Å². The van der Waals surface area contributed by atoms with Gasteiger partial charge in [0.1, 0.15) is 0 Å². The lowest BCUT2D eigenvalue weighted by Crippen LogP contribution is -2.37. The molecular formula is C19H24N4O3S. The molecule has 1 aromatic heterocycles. The molecule has 4 rings (SSSR count). The van der Waals surface area contributed by atoms with Crippen LogP contribution >= 0.6 is 0 Å². The topological polar surface area (TPSA) is 75.5 Å². The van der Waals surface area contributed by atoms with Gasteiger partial charge < -0.3 is 4.90 Å². The van der Waals surface area contributed by atoms with Gasteiger partial charge in [0.05, 0.1) is 11.7 Å². The minimum Gasteiger partial charge on any atom is -0.335 e. The van der Waals surface area contributed by atoms with Crippen molar-refractivity contribution in [2.24, 2.45) is 18.9 Å². The summed E-state index contributed by atoms with van der Waals surface area (Å²) in [5, 5.41) is 4.40. The molecule has 0 bridgehead atoms. The molecule has 1 aromatic carbocycles. The first-order valence-corrected chi connectivity index (χ1v) is 10.6. The highest BCUT2D eigenvalue weighted by Gasteiger charge is 2.51. The lowest BCUT2D eigenvalue weighted by molar-refractivity contribution is -0.130. The van der Waals surface area contributed by atoms with E-state index < -0.39 is 10.0 Å². The molecule has 2 aliphatic heterocycles. The Balaban J connectivity index is 1.65. The normalized spacial score (nSPS) is 25.7. The quantitative estimate of drug-likeness (QED) is 0.800. The molecule has 144 valence electrons. The van der Waals surface area contributed by atoms with Crippen LogP contribution in [0.4, 0.5) is 0 Å². The summed E-state index contributed by atoms with van der Waals surface area (Å²) >= 11 is 0. The molecule has 3 atom stereocenters. The summed E-state index contributed by atoms with van der Waals surface area (Å²) in [7, 11) is -1.95. The van der Waals surface area contributed by atoms with Gasteiger partial charge >= 0.3 is 0 Å². The number of hydrogen-bond donors (Lipinski definition) is 0. The Kier molecular flexibility index (Phi) is 4.35. The molecule has 2 aromatic rings. The Morgan fingerprint density at radius 3 is 2.44 bits per heavy atom. The summed E-state index contributed by atoms with van der Waals surface area (Å²) in [6.45, 7) is 4.82. The second-order valence-corrected chi connectivity index (χ2v) is 9.41. The van der Waals surface area contributed by atoms with Crippen LogP contribution in [0.25, 0.3) is 0 Å². The zero-order valence-electron chi connectivity index (χ0n) is 15.7. The van der Waals surface area contributed by atoms with E-state index >= 15 is 0 Å². The predicted molar refractivity (Wildman–Crippen MR) is 100 cm³/mol. The highest BCUT2D eigenvalue weighted by molar-refractivity contribution is 7.89. The average molecular weight is 388 g/mol. The number of carbonyl (C=O) groups excluding carboxylic acids is 1. The van der Waals surface area contributed by atoms with Gasteiger partial charge in [-0.1, -0.05) is 30.3 Å². The molecule has 1 amide bonds. The Morgan fingerprint density at radius 1 is 1.15 bits per heavy atom. The smallest absolute Gasteiger partial charge is 0.260 e. The first kappa shape index (κ1) is 18.2. The lowest BCUT2D eigenvalue weighted by Gasteiger charge is -2.29. The van der Waals surface area contributed by atoms with E-state index in [4.69, 9.17) is 0 Å². The maximum atomic E-state index is 13.1. The number of aryl methyl sites for hydroxylation is 2. The third-order valence-electron chi connectivity index (χ3n) is 5.74. The predicted octanol–water partition coefficient (Wildman–Crippen LogP) is 1.57. The van der Waals surface area contributed by atoms with Crippen molar-refractivity contribution < 1.29 is 13.2 Å². The zero-order chi connectivity index (χ0) is 19.3. The van der Waals surface area contributed by atoms with Gasteiger partial charge in [-0.05, 0) is 24.5 Å². The van der Waals surface area contributed by atoms with Crippen LogP contribution in [0.15, 0.2) is 41.4 Å². The summed E-state index contributed by atoms with van der Waals surface area (Å²) < 4.78 is 29.3. The zero-order valence-corrected chi connectivity index (χ0v) is 16.6. The Bertz CT molecular complexity index is 970. The number of benzene rings is 1. The van der Waals surface area contributed by atoms with Gasteiger partial charge in [-0.25, -0.2) is 8.42 Å². The van der Waals surface area contributed by atoms with Gasteiger partial charge in [0.2, 0.25) is 5.91 Å². The van der Waals surface area contributed by atoms with Crippen LogP contribution in [0.1, 0.15) is 24.2 Å². The Hall–Kier alpha value is -2.19. The minimum atomic E-state index is -3.60. The summed E-state index contributed by atoms with van der Waals surface area (Å²) in [6, 6.07) is 11.4. The molecule has 2 aliphatic rings. The van der Waals surface area contributed by atoms with E-state index in [0.29, 0.717) is 25.3 Å². The monoisotopic (exact) mass is 388 g/mol. The van der Waals surface area contributed by atoms with Gasteiger partial charge in [-0.15, -0.1) is 0 Å². The van der Waals surface area contributed by atoms with Crippen LogP contribution in [-0.4, -0.2) is 52.9 Å². The third-order valence-corrected chi connectivity index (χ3v) is 7.63. The molecule has 27 heavy (non-hydrogen) atoms. The van der Waals surface area contributed by atoms with Crippen LogP contribution in [-0.2, 0) is 21.9 Å². The number of rotatable bonds is 3. The molecule has 0 spiro atoms. The maximum absolute atomic E-state index is 13.1. The van der Waals surface area contributed by atoms with Crippen LogP contribution in [0.5, 0.6) is 0 Å². The summed E-state index contributed by atoms with van der Waals surface area (Å²) in [4.78, 5) is 14.1. The second kappa shape index (κ2) is 6.45. The van der Waals surface area contributed by atoms with Crippen LogP contribution in [0.3, 0.4) is 0 Å². The fraction of sp³-hybridized carbons (Fsp3) is 0.474. The number of amides is 1.